The number of aromatic nitrogens is 2. The molecule has 84 valence electrons. The summed E-state index contributed by atoms with van der Waals surface area (Å²) in [7, 11) is 0. The lowest BCUT2D eigenvalue weighted by Gasteiger charge is -2.15. The third-order valence-corrected chi connectivity index (χ3v) is 2.39. The quantitative estimate of drug-likeness (QED) is 0.814. The molecule has 1 aromatic carbocycles. The van der Waals surface area contributed by atoms with Gasteiger partial charge in [-0.25, -0.2) is 9.37 Å². The van der Waals surface area contributed by atoms with Crippen LogP contribution in [-0.4, -0.2) is 9.97 Å². The predicted octanol–water partition coefficient (Wildman–Crippen LogP) is 2.41. The first-order valence-corrected chi connectivity index (χ1v) is 5.07. The van der Waals surface area contributed by atoms with Crippen LogP contribution in [0.1, 0.15) is 19.5 Å². The molecule has 0 saturated heterocycles. The van der Waals surface area contributed by atoms with E-state index in [2.05, 4.69) is 9.97 Å². The predicted molar refractivity (Wildman–Crippen MR) is 61.2 cm³/mol. The molecule has 4 heteroatoms. The van der Waals surface area contributed by atoms with E-state index in [1.165, 1.54) is 12.1 Å². The van der Waals surface area contributed by atoms with Crippen molar-refractivity contribution in [2.24, 2.45) is 5.73 Å². The van der Waals surface area contributed by atoms with Gasteiger partial charge in [0, 0.05) is 5.56 Å². The van der Waals surface area contributed by atoms with Gasteiger partial charge in [-0.2, -0.15) is 0 Å². The zero-order valence-electron chi connectivity index (χ0n) is 9.29. The Kier molecular flexibility index (Phi) is 2.52. The summed E-state index contributed by atoms with van der Waals surface area (Å²) < 4.78 is 12.7. The van der Waals surface area contributed by atoms with Crippen molar-refractivity contribution in [3.63, 3.8) is 0 Å². The molecular weight excluding hydrogens is 205 g/mol. The lowest BCUT2D eigenvalue weighted by atomic mass is 10.0. The summed E-state index contributed by atoms with van der Waals surface area (Å²) in [6, 6.07) is 6.18. The van der Waals surface area contributed by atoms with Gasteiger partial charge in [-0.1, -0.05) is 0 Å². The molecule has 3 nitrogen and oxygen atoms in total. The van der Waals surface area contributed by atoms with E-state index >= 15 is 0 Å². The number of imidazole rings is 1. The van der Waals surface area contributed by atoms with E-state index in [9.17, 15) is 4.39 Å². The van der Waals surface area contributed by atoms with Crippen molar-refractivity contribution in [3.8, 4) is 11.4 Å². The van der Waals surface area contributed by atoms with Crippen LogP contribution in [0.15, 0.2) is 30.5 Å². The maximum Gasteiger partial charge on any atom is 0.137 e. The van der Waals surface area contributed by atoms with E-state index in [-0.39, 0.29) is 5.82 Å². The summed E-state index contributed by atoms with van der Waals surface area (Å²) in [5.41, 5.74) is 7.19. The van der Waals surface area contributed by atoms with Gasteiger partial charge in [-0.05, 0) is 38.1 Å². The van der Waals surface area contributed by atoms with Crippen LogP contribution < -0.4 is 5.73 Å². The van der Waals surface area contributed by atoms with Crippen LogP contribution in [0.4, 0.5) is 4.39 Å². The lowest BCUT2D eigenvalue weighted by Crippen LogP contribution is -2.28. The second-order valence-corrected chi connectivity index (χ2v) is 4.37. The molecule has 0 radical (unpaired) electrons. The number of nitrogens with two attached hydrogens (primary N) is 1. The zero-order chi connectivity index (χ0) is 11.8. The highest BCUT2D eigenvalue weighted by Gasteiger charge is 2.17. The fraction of sp³-hybridized carbons (Fsp3) is 0.250. The standard InChI is InChI=1S/C12H14FN3/c1-12(2,14)10-7-15-11(16-10)8-3-5-9(13)6-4-8/h3-7H,14H2,1-2H3,(H,15,16). The molecule has 0 aliphatic carbocycles. The average molecular weight is 219 g/mol. The molecule has 0 fully saturated rings. The lowest BCUT2D eigenvalue weighted by molar-refractivity contribution is 0.538. The second kappa shape index (κ2) is 3.72. The minimum atomic E-state index is -0.453. The molecule has 0 amide bonds. The van der Waals surface area contributed by atoms with E-state index in [1.54, 1.807) is 18.3 Å². The Bertz CT molecular complexity index is 480. The van der Waals surface area contributed by atoms with Crippen molar-refractivity contribution in [2.75, 3.05) is 0 Å². The van der Waals surface area contributed by atoms with Crippen molar-refractivity contribution < 1.29 is 4.39 Å². The van der Waals surface area contributed by atoms with Crippen molar-refractivity contribution in [1.82, 2.24) is 9.97 Å². The van der Waals surface area contributed by atoms with Gasteiger partial charge in [-0.3, -0.25) is 0 Å². The Labute approximate surface area is 93.5 Å². The van der Waals surface area contributed by atoms with Crippen LogP contribution in [0.25, 0.3) is 11.4 Å². The molecule has 3 N–H and O–H groups in total. The van der Waals surface area contributed by atoms with Crippen LogP contribution in [0.5, 0.6) is 0 Å². The SMILES string of the molecule is CC(C)(N)c1cnc(-c2ccc(F)cc2)[nH]1. The van der Waals surface area contributed by atoms with Gasteiger partial charge in [0.25, 0.3) is 0 Å². The van der Waals surface area contributed by atoms with E-state index in [4.69, 9.17) is 5.73 Å². The largest absolute Gasteiger partial charge is 0.340 e. The Morgan fingerprint density at radius 2 is 1.88 bits per heavy atom. The summed E-state index contributed by atoms with van der Waals surface area (Å²) in [6.45, 7) is 3.80. The second-order valence-electron chi connectivity index (χ2n) is 4.37. The van der Waals surface area contributed by atoms with Crippen LogP contribution in [0.2, 0.25) is 0 Å². The number of H-pyrrole nitrogens is 1. The minimum absolute atomic E-state index is 0.255. The van der Waals surface area contributed by atoms with Crippen LogP contribution in [0, 0.1) is 5.82 Å². The number of hydrogen-bond acceptors (Lipinski definition) is 2. The van der Waals surface area contributed by atoms with Crippen molar-refractivity contribution in [2.45, 2.75) is 19.4 Å². The molecule has 0 bridgehead atoms. The molecule has 2 rings (SSSR count). The average Bonchev–Trinajstić information content (AvgIpc) is 2.67. The highest BCUT2D eigenvalue weighted by atomic mass is 19.1. The molecule has 0 aliphatic rings. The maximum atomic E-state index is 12.7. The third kappa shape index (κ3) is 2.12. The number of hydrogen-bond donors (Lipinski definition) is 2. The number of rotatable bonds is 2. The van der Waals surface area contributed by atoms with Crippen LogP contribution in [-0.2, 0) is 5.54 Å². The topological polar surface area (TPSA) is 54.7 Å². The molecule has 1 heterocycles. The molecule has 1 aromatic heterocycles. The molecular formula is C12H14FN3. The van der Waals surface area contributed by atoms with Gasteiger partial charge >= 0.3 is 0 Å². The smallest absolute Gasteiger partial charge is 0.137 e. The maximum absolute atomic E-state index is 12.7. The van der Waals surface area contributed by atoms with Crippen LogP contribution in [0.3, 0.4) is 0 Å². The first-order chi connectivity index (χ1) is 7.47. The first kappa shape index (κ1) is 10.8. The molecule has 0 saturated carbocycles. The monoisotopic (exact) mass is 219 g/mol. The molecule has 0 atom stereocenters. The summed E-state index contributed by atoms with van der Waals surface area (Å²) >= 11 is 0. The van der Waals surface area contributed by atoms with Crippen LogP contribution >= 0.6 is 0 Å². The Morgan fingerprint density at radius 3 is 2.38 bits per heavy atom. The number of nitrogens with zero attached hydrogens (tertiary/aromatic N) is 1. The first-order valence-electron chi connectivity index (χ1n) is 5.07. The number of nitrogens with one attached hydrogen (secondary N) is 1. The molecule has 0 aliphatic heterocycles. The van der Waals surface area contributed by atoms with Gasteiger partial charge in [0.15, 0.2) is 0 Å². The number of halogens is 1. The molecule has 0 unspecified atom stereocenters. The summed E-state index contributed by atoms with van der Waals surface area (Å²) in [5, 5.41) is 0. The highest BCUT2D eigenvalue weighted by Crippen LogP contribution is 2.20. The highest BCUT2D eigenvalue weighted by molar-refractivity contribution is 5.55. The Balaban J connectivity index is 2.35. The van der Waals surface area contributed by atoms with Crippen molar-refractivity contribution in [1.29, 1.82) is 0 Å². The molecule has 0 spiro atoms. The zero-order valence-corrected chi connectivity index (χ0v) is 9.29. The summed E-state index contributed by atoms with van der Waals surface area (Å²) in [6.07, 6.45) is 1.71. The minimum Gasteiger partial charge on any atom is -0.340 e. The Hall–Kier alpha value is -1.68. The van der Waals surface area contributed by atoms with Gasteiger partial charge in [0.2, 0.25) is 0 Å². The van der Waals surface area contributed by atoms with Gasteiger partial charge in [-0.15, -0.1) is 0 Å². The molecule has 2 aromatic rings. The fourth-order valence-corrected chi connectivity index (χ4v) is 1.40. The Morgan fingerprint density at radius 1 is 1.25 bits per heavy atom. The number of aromatic amines is 1. The summed E-state index contributed by atoms with van der Waals surface area (Å²) in [4.78, 5) is 7.35. The fourth-order valence-electron chi connectivity index (χ4n) is 1.40. The van der Waals surface area contributed by atoms with E-state index in [1.807, 2.05) is 13.8 Å². The van der Waals surface area contributed by atoms with E-state index in [0.717, 1.165) is 11.3 Å². The van der Waals surface area contributed by atoms with Crippen molar-refractivity contribution in [3.05, 3.63) is 42.0 Å². The van der Waals surface area contributed by atoms with E-state index < -0.39 is 5.54 Å². The third-order valence-electron chi connectivity index (χ3n) is 2.39. The van der Waals surface area contributed by atoms with Gasteiger partial charge in [0.05, 0.1) is 17.4 Å². The molecule has 16 heavy (non-hydrogen) atoms. The van der Waals surface area contributed by atoms with E-state index in [0.29, 0.717) is 5.82 Å². The van der Waals surface area contributed by atoms with Crippen molar-refractivity contribution >= 4 is 0 Å². The van der Waals surface area contributed by atoms with Gasteiger partial charge in [0.1, 0.15) is 11.6 Å². The normalized spacial score (nSPS) is 11.8. The number of benzene rings is 1. The van der Waals surface area contributed by atoms with Gasteiger partial charge < -0.3 is 10.7 Å². The summed E-state index contributed by atoms with van der Waals surface area (Å²) in [5.74, 6) is 0.447.